The van der Waals surface area contributed by atoms with Crippen LogP contribution in [0, 0.1) is 0 Å². The molecule has 0 unspecified atom stereocenters. The summed E-state index contributed by atoms with van der Waals surface area (Å²) in [5, 5.41) is 3.88. The Balaban J connectivity index is 2.08. The van der Waals surface area contributed by atoms with Crippen molar-refractivity contribution < 1.29 is 19.0 Å². The predicted molar refractivity (Wildman–Crippen MR) is 92.5 cm³/mol. The van der Waals surface area contributed by atoms with E-state index in [0.29, 0.717) is 22.8 Å². The second kappa shape index (κ2) is 8.53. The van der Waals surface area contributed by atoms with Crippen molar-refractivity contribution in [3.8, 4) is 17.2 Å². The lowest BCUT2D eigenvalue weighted by Crippen LogP contribution is -2.28. The monoisotopic (exact) mass is 345 g/mol. The molecule has 0 radical (unpaired) electrons. The molecule has 0 aliphatic carbocycles. The van der Waals surface area contributed by atoms with Crippen LogP contribution in [0.5, 0.6) is 17.2 Å². The van der Waals surface area contributed by atoms with E-state index in [1.165, 1.54) is 44.4 Å². The van der Waals surface area contributed by atoms with Gasteiger partial charge in [-0.05, 0) is 18.2 Å². The molecule has 1 aromatic heterocycles. The molecule has 0 atom stereocenters. The van der Waals surface area contributed by atoms with E-state index in [-0.39, 0.29) is 12.1 Å². The smallest absolute Gasteiger partial charge is 0.260 e. The maximum absolute atomic E-state index is 11.8. The van der Waals surface area contributed by atoms with Crippen molar-refractivity contribution in [1.82, 2.24) is 9.99 Å². The third-order valence-corrected chi connectivity index (χ3v) is 3.30. The Hall–Kier alpha value is -3.29. The average Bonchev–Trinajstić information content (AvgIpc) is 2.62. The van der Waals surface area contributed by atoms with Gasteiger partial charge in [0.05, 0.1) is 27.5 Å². The van der Waals surface area contributed by atoms with Gasteiger partial charge in [0.2, 0.25) is 5.75 Å². The summed E-state index contributed by atoms with van der Waals surface area (Å²) in [7, 11) is 4.54. The number of methoxy groups -OCH3 is 3. The van der Waals surface area contributed by atoms with Gasteiger partial charge in [0.1, 0.15) is 6.54 Å². The van der Waals surface area contributed by atoms with Crippen molar-refractivity contribution in [1.29, 1.82) is 0 Å². The highest BCUT2D eigenvalue weighted by Crippen LogP contribution is 2.37. The van der Waals surface area contributed by atoms with Crippen LogP contribution in [0.15, 0.2) is 46.4 Å². The Morgan fingerprint density at radius 2 is 1.84 bits per heavy atom. The number of benzene rings is 1. The van der Waals surface area contributed by atoms with Crippen LogP contribution in [-0.2, 0) is 11.3 Å². The standard InChI is InChI=1S/C17H19N3O5/c1-23-13-8-12(9-14(24-2)17(13)25-3)10-18-19-15(21)11-20-7-5-4-6-16(20)22/h4-10H,11H2,1-3H3,(H,19,21)/b18-10-. The molecule has 1 aromatic carbocycles. The molecule has 0 saturated heterocycles. The summed E-state index contributed by atoms with van der Waals surface area (Å²) >= 11 is 0. The van der Waals surface area contributed by atoms with Crippen LogP contribution in [0.1, 0.15) is 5.56 Å². The van der Waals surface area contributed by atoms with Crippen molar-refractivity contribution in [2.75, 3.05) is 21.3 Å². The third kappa shape index (κ3) is 4.60. The molecule has 0 aliphatic heterocycles. The summed E-state index contributed by atoms with van der Waals surface area (Å²) in [5.41, 5.74) is 2.76. The lowest BCUT2D eigenvalue weighted by atomic mass is 10.2. The summed E-state index contributed by atoms with van der Waals surface area (Å²) in [6.07, 6.45) is 2.97. The first-order valence-corrected chi connectivity index (χ1v) is 7.36. The molecule has 1 N–H and O–H groups in total. The lowest BCUT2D eigenvalue weighted by molar-refractivity contribution is -0.121. The Labute approximate surface area is 144 Å². The van der Waals surface area contributed by atoms with Crippen LogP contribution in [0.25, 0.3) is 0 Å². The Morgan fingerprint density at radius 1 is 1.16 bits per heavy atom. The van der Waals surface area contributed by atoms with E-state index in [1.54, 1.807) is 24.3 Å². The van der Waals surface area contributed by atoms with Crippen LogP contribution in [-0.4, -0.2) is 38.0 Å². The zero-order valence-corrected chi connectivity index (χ0v) is 14.2. The molecular weight excluding hydrogens is 326 g/mol. The zero-order chi connectivity index (χ0) is 18.2. The first kappa shape index (κ1) is 18.1. The van der Waals surface area contributed by atoms with Crippen LogP contribution < -0.4 is 25.2 Å². The largest absolute Gasteiger partial charge is 0.493 e. The molecule has 8 nitrogen and oxygen atoms in total. The molecule has 0 aliphatic rings. The van der Waals surface area contributed by atoms with Crippen molar-refractivity contribution in [2.24, 2.45) is 5.10 Å². The molecule has 2 aromatic rings. The third-order valence-electron chi connectivity index (χ3n) is 3.30. The summed E-state index contributed by atoms with van der Waals surface area (Å²) < 4.78 is 17.0. The maximum Gasteiger partial charge on any atom is 0.260 e. The number of pyridine rings is 1. The molecule has 0 spiro atoms. The second-order valence-corrected chi connectivity index (χ2v) is 4.92. The fourth-order valence-corrected chi connectivity index (χ4v) is 2.14. The van der Waals surface area contributed by atoms with Crippen LogP contribution >= 0.6 is 0 Å². The van der Waals surface area contributed by atoms with Crippen LogP contribution in [0.4, 0.5) is 0 Å². The number of hydrazone groups is 1. The number of rotatable bonds is 7. The van der Waals surface area contributed by atoms with Crippen LogP contribution in [0.3, 0.4) is 0 Å². The molecular formula is C17H19N3O5. The predicted octanol–water partition coefficient (Wildman–Crippen LogP) is 1.02. The zero-order valence-electron chi connectivity index (χ0n) is 14.2. The molecule has 25 heavy (non-hydrogen) atoms. The molecule has 2 rings (SSSR count). The van der Waals surface area contributed by atoms with Crippen molar-refractivity contribution in [2.45, 2.75) is 6.54 Å². The van der Waals surface area contributed by atoms with Crippen LogP contribution in [0.2, 0.25) is 0 Å². The Kier molecular flexibility index (Phi) is 6.16. The van der Waals surface area contributed by atoms with Gasteiger partial charge in [-0.25, -0.2) is 5.43 Å². The highest BCUT2D eigenvalue weighted by Gasteiger charge is 2.12. The Morgan fingerprint density at radius 3 is 2.40 bits per heavy atom. The minimum absolute atomic E-state index is 0.119. The van der Waals surface area contributed by atoms with Crippen molar-refractivity contribution in [3.05, 3.63) is 52.4 Å². The number of hydrogen-bond donors (Lipinski definition) is 1. The normalized spacial score (nSPS) is 10.5. The molecule has 0 saturated carbocycles. The number of aromatic nitrogens is 1. The topological polar surface area (TPSA) is 91.2 Å². The van der Waals surface area contributed by atoms with Gasteiger partial charge in [0.25, 0.3) is 11.5 Å². The molecule has 8 heteroatoms. The van der Waals surface area contributed by atoms with Gasteiger partial charge >= 0.3 is 0 Å². The van der Waals surface area contributed by atoms with E-state index < -0.39 is 5.91 Å². The minimum atomic E-state index is -0.419. The quantitative estimate of drug-likeness (QED) is 0.598. The summed E-state index contributed by atoms with van der Waals surface area (Å²) in [6, 6.07) is 8.05. The Bertz CT molecular complexity index is 804. The van der Waals surface area contributed by atoms with E-state index in [4.69, 9.17) is 14.2 Å². The fraction of sp³-hybridized carbons (Fsp3) is 0.235. The molecule has 132 valence electrons. The first-order chi connectivity index (χ1) is 12.1. The van der Waals surface area contributed by atoms with E-state index in [0.717, 1.165) is 0 Å². The number of ether oxygens (including phenoxy) is 3. The summed E-state index contributed by atoms with van der Waals surface area (Å²) in [5.74, 6) is 1.00. The van der Waals surface area contributed by atoms with Gasteiger partial charge < -0.3 is 18.8 Å². The van der Waals surface area contributed by atoms with Gasteiger partial charge in [0, 0.05) is 17.8 Å². The van der Waals surface area contributed by atoms with E-state index in [1.807, 2.05) is 0 Å². The number of nitrogens with one attached hydrogen (secondary N) is 1. The molecule has 0 fully saturated rings. The van der Waals surface area contributed by atoms with Gasteiger partial charge in [-0.15, -0.1) is 0 Å². The van der Waals surface area contributed by atoms with Gasteiger partial charge in [-0.2, -0.15) is 5.10 Å². The molecule has 1 heterocycles. The van der Waals surface area contributed by atoms with E-state index in [9.17, 15) is 9.59 Å². The number of nitrogens with zero attached hydrogens (tertiary/aromatic N) is 2. The number of carbonyl (C=O) groups is 1. The molecule has 0 bridgehead atoms. The maximum atomic E-state index is 11.8. The number of hydrogen-bond acceptors (Lipinski definition) is 6. The minimum Gasteiger partial charge on any atom is -0.493 e. The lowest BCUT2D eigenvalue weighted by Gasteiger charge is -2.12. The van der Waals surface area contributed by atoms with Gasteiger partial charge in [-0.3, -0.25) is 9.59 Å². The highest BCUT2D eigenvalue weighted by atomic mass is 16.5. The van der Waals surface area contributed by atoms with Crippen molar-refractivity contribution in [3.63, 3.8) is 0 Å². The van der Waals surface area contributed by atoms with Crippen molar-refractivity contribution >= 4 is 12.1 Å². The summed E-state index contributed by atoms with van der Waals surface area (Å²) in [4.78, 5) is 23.4. The number of amides is 1. The second-order valence-electron chi connectivity index (χ2n) is 4.92. The molecule has 1 amide bonds. The summed E-state index contributed by atoms with van der Waals surface area (Å²) in [6.45, 7) is -0.119. The average molecular weight is 345 g/mol. The van der Waals surface area contributed by atoms with E-state index >= 15 is 0 Å². The first-order valence-electron chi connectivity index (χ1n) is 7.36. The number of carbonyl (C=O) groups excluding carboxylic acids is 1. The van der Waals surface area contributed by atoms with Gasteiger partial charge in [-0.1, -0.05) is 6.07 Å². The van der Waals surface area contributed by atoms with Gasteiger partial charge in [0.15, 0.2) is 11.5 Å². The SMILES string of the molecule is COc1cc(/C=N\NC(=O)Cn2ccccc2=O)cc(OC)c1OC. The fourth-order valence-electron chi connectivity index (χ4n) is 2.14. The highest BCUT2D eigenvalue weighted by molar-refractivity contribution is 5.84. The van der Waals surface area contributed by atoms with E-state index in [2.05, 4.69) is 10.5 Å².